The average molecular weight is 424 g/mol. The van der Waals surface area contributed by atoms with Crippen molar-refractivity contribution in [3.05, 3.63) is 63.9 Å². The number of anilines is 1. The van der Waals surface area contributed by atoms with E-state index in [1.807, 2.05) is 31.3 Å². The molecule has 0 aliphatic carbocycles. The van der Waals surface area contributed by atoms with Crippen LogP contribution in [0.1, 0.15) is 10.4 Å². The van der Waals surface area contributed by atoms with E-state index in [2.05, 4.69) is 31.3 Å². The van der Waals surface area contributed by atoms with E-state index in [0.717, 1.165) is 10.1 Å². The van der Waals surface area contributed by atoms with Crippen LogP contribution < -0.4 is 5.32 Å². The minimum Gasteiger partial charge on any atom is -0.321 e. The molecule has 0 aliphatic rings. The van der Waals surface area contributed by atoms with E-state index in [9.17, 15) is 4.79 Å². The Morgan fingerprint density at radius 3 is 2.58 bits per heavy atom. The van der Waals surface area contributed by atoms with Crippen molar-refractivity contribution in [1.82, 2.24) is 14.8 Å². The summed E-state index contributed by atoms with van der Waals surface area (Å²) >= 11 is 10.5. The van der Waals surface area contributed by atoms with Gasteiger partial charge in [-0.05, 0) is 64.1 Å². The van der Waals surface area contributed by atoms with Crippen LogP contribution in [0.4, 0.5) is 5.69 Å². The van der Waals surface area contributed by atoms with E-state index >= 15 is 0 Å². The zero-order valence-electron chi connectivity index (χ0n) is 12.5. The third-order valence-electron chi connectivity index (χ3n) is 3.14. The maximum Gasteiger partial charge on any atom is 0.255 e. The minimum absolute atomic E-state index is 0.195. The molecule has 0 unspecified atom stereocenters. The van der Waals surface area contributed by atoms with Gasteiger partial charge >= 0.3 is 0 Å². The van der Waals surface area contributed by atoms with E-state index in [4.69, 9.17) is 11.6 Å². The van der Waals surface area contributed by atoms with Crippen LogP contribution in [0.25, 0.3) is 0 Å². The fourth-order valence-corrected chi connectivity index (χ4v) is 3.51. The summed E-state index contributed by atoms with van der Waals surface area (Å²) in [5, 5.41) is 8.39. The van der Waals surface area contributed by atoms with Crippen LogP contribution in [0.5, 0.6) is 0 Å². The zero-order chi connectivity index (χ0) is 17.1. The van der Waals surface area contributed by atoms with Gasteiger partial charge in [0.05, 0.1) is 5.69 Å². The first-order valence-corrected chi connectivity index (χ1v) is 8.92. The molecule has 0 bridgehead atoms. The molecule has 3 aromatic rings. The number of hydrogen-bond acceptors (Lipinski definition) is 4. The van der Waals surface area contributed by atoms with Crippen molar-refractivity contribution in [2.75, 3.05) is 5.32 Å². The molecule has 0 radical (unpaired) electrons. The summed E-state index contributed by atoms with van der Waals surface area (Å²) in [4.78, 5) is 17.6. The molecule has 0 aliphatic heterocycles. The molecule has 2 aromatic carbocycles. The Bertz CT molecular complexity index is 882. The first-order valence-electron chi connectivity index (χ1n) is 6.93. The Balaban J connectivity index is 1.82. The SMILES string of the molecule is Cn1nc(Br)nc1Sc1ccccc1NC(=O)c1ccc(Cl)cc1. The standard InChI is InChI=1S/C16H12BrClN4OS/c1-22-16(20-15(17)21-22)24-13-5-3-2-4-12(13)19-14(23)10-6-8-11(18)9-7-10/h2-9H,1H3,(H,19,23). The van der Waals surface area contributed by atoms with Gasteiger partial charge in [0.15, 0.2) is 5.16 Å². The summed E-state index contributed by atoms with van der Waals surface area (Å²) in [6.07, 6.45) is 0. The summed E-state index contributed by atoms with van der Waals surface area (Å²) in [6, 6.07) is 14.3. The second-order valence-electron chi connectivity index (χ2n) is 4.85. The van der Waals surface area contributed by atoms with Crippen LogP contribution in [0.2, 0.25) is 5.02 Å². The predicted molar refractivity (Wildman–Crippen MR) is 98.7 cm³/mol. The van der Waals surface area contributed by atoms with E-state index < -0.39 is 0 Å². The summed E-state index contributed by atoms with van der Waals surface area (Å²) in [5.74, 6) is -0.195. The number of halogens is 2. The zero-order valence-corrected chi connectivity index (χ0v) is 15.7. The fraction of sp³-hybridized carbons (Fsp3) is 0.0625. The minimum atomic E-state index is -0.195. The largest absolute Gasteiger partial charge is 0.321 e. The van der Waals surface area contributed by atoms with Crippen LogP contribution >= 0.6 is 39.3 Å². The van der Waals surface area contributed by atoms with Gasteiger partial charge in [0.1, 0.15) is 0 Å². The predicted octanol–water partition coefficient (Wildman–Crippen LogP) is 4.63. The number of hydrogen-bond donors (Lipinski definition) is 1. The second kappa shape index (κ2) is 7.38. The van der Waals surface area contributed by atoms with Crippen LogP contribution in [0.15, 0.2) is 63.3 Å². The fourth-order valence-electron chi connectivity index (χ4n) is 1.98. The Hall–Kier alpha value is -1.83. The lowest BCUT2D eigenvalue weighted by atomic mass is 10.2. The summed E-state index contributed by atoms with van der Waals surface area (Å²) in [7, 11) is 1.81. The normalized spacial score (nSPS) is 10.6. The highest BCUT2D eigenvalue weighted by Gasteiger charge is 2.13. The molecule has 122 valence electrons. The third-order valence-corrected chi connectivity index (χ3v) is 4.84. The number of para-hydroxylation sites is 1. The Labute approximate surface area is 156 Å². The average Bonchev–Trinajstić information content (AvgIpc) is 2.87. The Morgan fingerprint density at radius 2 is 1.92 bits per heavy atom. The van der Waals surface area contributed by atoms with Crippen LogP contribution in [-0.2, 0) is 7.05 Å². The van der Waals surface area contributed by atoms with Gasteiger partial charge in [-0.2, -0.15) is 4.98 Å². The number of aryl methyl sites for hydroxylation is 1. The van der Waals surface area contributed by atoms with Crippen molar-refractivity contribution in [1.29, 1.82) is 0 Å². The van der Waals surface area contributed by atoms with Gasteiger partial charge < -0.3 is 5.32 Å². The van der Waals surface area contributed by atoms with Crippen molar-refractivity contribution in [3.63, 3.8) is 0 Å². The van der Waals surface area contributed by atoms with E-state index in [1.165, 1.54) is 11.8 Å². The van der Waals surface area contributed by atoms with Gasteiger partial charge in [0, 0.05) is 22.5 Å². The monoisotopic (exact) mass is 422 g/mol. The number of rotatable bonds is 4. The molecular weight excluding hydrogens is 412 g/mol. The first kappa shape index (κ1) is 17.0. The first-order chi connectivity index (χ1) is 11.5. The van der Waals surface area contributed by atoms with E-state index in [1.54, 1.807) is 28.9 Å². The van der Waals surface area contributed by atoms with Crippen molar-refractivity contribution in [2.45, 2.75) is 10.1 Å². The maximum absolute atomic E-state index is 12.4. The molecule has 5 nitrogen and oxygen atoms in total. The molecule has 24 heavy (non-hydrogen) atoms. The number of nitrogens with one attached hydrogen (secondary N) is 1. The van der Waals surface area contributed by atoms with Crippen molar-refractivity contribution in [3.8, 4) is 0 Å². The molecule has 8 heteroatoms. The molecule has 1 N–H and O–H groups in total. The molecule has 0 saturated carbocycles. The molecule has 3 rings (SSSR count). The van der Waals surface area contributed by atoms with Crippen molar-refractivity contribution < 1.29 is 4.79 Å². The van der Waals surface area contributed by atoms with Gasteiger partial charge in [-0.15, -0.1) is 5.10 Å². The lowest BCUT2D eigenvalue weighted by molar-refractivity contribution is 0.102. The highest BCUT2D eigenvalue weighted by atomic mass is 79.9. The van der Waals surface area contributed by atoms with Gasteiger partial charge in [-0.25, -0.2) is 4.68 Å². The summed E-state index contributed by atoms with van der Waals surface area (Å²) in [5.41, 5.74) is 1.25. The molecular formula is C16H12BrClN4OS. The van der Waals surface area contributed by atoms with E-state index in [0.29, 0.717) is 21.0 Å². The van der Waals surface area contributed by atoms with Crippen molar-refractivity contribution in [2.24, 2.45) is 7.05 Å². The molecule has 1 amide bonds. The molecule has 0 atom stereocenters. The molecule has 0 saturated heterocycles. The molecule has 1 aromatic heterocycles. The lowest BCUT2D eigenvalue weighted by Gasteiger charge is -2.10. The van der Waals surface area contributed by atoms with E-state index in [-0.39, 0.29) is 5.91 Å². The topological polar surface area (TPSA) is 59.8 Å². The van der Waals surface area contributed by atoms with Gasteiger partial charge in [0.2, 0.25) is 4.73 Å². The number of amides is 1. The Morgan fingerprint density at radius 1 is 1.21 bits per heavy atom. The third kappa shape index (κ3) is 3.98. The van der Waals surface area contributed by atoms with Crippen LogP contribution in [0.3, 0.4) is 0 Å². The maximum atomic E-state index is 12.4. The number of nitrogens with zero attached hydrogens (tertiary/aromatic N) is 3. The summed E-state index contributed by atoms with van der Waals surface area (Å²) in [6.45, 7) is 0. The lowest BCUT2D eigenvalue weighted by Crippen LogP contribution is -2.12. The molecule has 0 fully saturated rings. The molecule has 1 heterocycles. The Kier molecular flexibility index (Phi) is 5.23. The molecule has 0 spiro atoms. The number of benzene rings is 2. The highest BCUT2D eigenvalue weighted by molar-refractivity contribution is 9.10. The van der Waals surface area contributed by atoms with Crippen LogP contribution in [0, 0.1) is 0 Å². The number of carbonyl (C=O) groups is 1. The van der Waals surface area contributed by atoms with Gasteiger partial charge in [-0.3, -0.25) is 4.79 Å². The van der Waals surface area contributed by atoms with Crippen molar-refractivity contribution >= 4 is 50.9 Å². The van der Waals surface area contributed by atoms with Gasteiger partial charge in [-0.1, -0.05) is 23.7 Å². The van der Waals surface area contributed by atoms with Gasteiger partial charge in [0.25, 0.3) is 5.91 Å². The quantitative estimate of drug-likeness (QED) is 0.664. The summed E-state index contributed by atoms with van der Waals surface area (Å²) < 4.78 is 2.20. The number of aromatic nitrogens is 3. The highest BCUT2D eigenvalue weighted by Crippen LogP contribution is 2.32. The number of carbonyl (C=O) groups excluding carboxylic acids is 1. The van der Waals surface area contributed by atoms with Crippen LogP contribution in [-0.4, -0.2) is 20.7 Å². The smallest absolute Gasteiger partial charge is 0.255 e. The second-order valence-corrected chi connectivity index (χ2v) is 7.00.